The molecular formula is C15H15BrN2O5S. The number of aromatic nitrogens is 1. The number of methoxy groups -OCH3 is 1. The van der Waals surface area contributed by atoms with Crippen LogP contribution >= 0.6 is 15.9 Å². The molecule has 7 nitrogen and oxygen atoms in total. The number of carbonyl (C=O) groups excluding carboxylic acids is 1. The first kappa shape index (κ1) is 18.2. The molecule has 1 amide bonds. The number of rotatable bonds is 6. The Morgan fingerprint density at radius 1 is 1.25 bits per heavy atom. The van der Waals surface area contributed by atoms with Gasteiger partial charge >= 0.3 is 0 Å². The average Bonchev–Trinajstić information content (AvgIpc) is 2.54. The monoisotopic (exact) mass is 414 g/mol. The van der Waals surface area contributed by atoms with Gasteiger partial charge in [-0.2, -0.15) is 0 Å². The molecule has 0 aliphatic rings. The van der Waals surface area contributed by atoms with Crippen molar-refractivity contribution in [2.75, 3.05) is 13.7 Å². The minimum Gasteiger partial charge on any atom is -0.493 e. The van der Waals surface area contributed by atoms with Gasteiger partial charge in [0, 0.05) is 22.4 Å². The number of halogens is 1. The van der Waals surface area contributed by atoms with Crippen LogP contribution in [0, 0.1) is 0 Å². The summed E-state index contributed by atoms with van der Waals surface area (Å²) in [4.78, 5) is 15.9. The fourth-order valence-corrected chi connectivity index (χ4v) is 3.34. The number of nitrogens with zero attached hydrogens (tertiary/aromatic N) is 1. The molecule has 0 saturated carbocycles. The van der Waals surface area contributed by atoms with E-state index < -0.39 is 15.9 Å². The number of hydrogen-bond acceptors (Lipinski definition) is 6. The Balaban J connectivity index is 2.27. The van der Waals surface area contributed by atoms with Gasteiger partial charge in [0.05, 0.1) is 13.7 Å². The number of benzene rings is 1. The van der Waals surface area contributed by atoms with E-state index in [1.165, 1.54) is 37.6 Å². The third-order valence-electron chi connectivity index (χ3n) is 2.94. The lowest BCUT2D eigenvalue weighted by molar-refractivity contribution is 0.0981. The lowest BCUT2D eigenvalue weighted by Gasteiger charge is -2.11. The summed E-state index contributed by atoms with van der Waals surface area (Å²) in [6.07, 6.45) is 2.60. The van der Waals surface area contributed by atoms with Gasteiger partial charge in [0.25, 0.3) is 15.9 Å². The van der Waals surface area contributed by atoms with Crippen molar-refractivity contribution in [3.05, 3.63) is 46.7 Å². The van der Waals surface area contributed by atoms with Gasteiger partial charge in [-0.1, -0.05) is 0 Å². The van der Waals surface area contributed by atoms with E-state index in [1.54, 1.807) is 6.92 Å². The van der Waals surface area contributed by atoms with Crippen LogP contribution in [0.15, 0.2) is 46.0 Å². The molecule has 9 heteroatoms. The van der Waals surface area contributed by atoms with Gasteiger partial charge in [-0.25, -0.2) is 13.1 Å². The zero-order chi connectivity index (χ0) is 17.7. The lowest BCUT2D eigenvalue weighted by Crippen LogP contribution is -2.30. The Kier molecular flexibility index (Phi) is 5.79. The van der Waals surface area contributed by atoms with Gasteiger partial charge in [-0.3, -0.25) is 9.78 Å². The van der Waals surface area contributed by atoms with Gasteiger partial charge in [0.15, 0.2) is 11.5 Å². The van der Waals surface area contributed by atoms with E-state index in [0.717, 1.165) is 6.20 Å². The quantitative estimate of drug-likeness (QED) is 0.779. The third kappa shape index (κ3) is 4.24. The van der Waals surface area contributed by atoms with Crippen molar-refractivity contribution in [2.45, 2.75) is 11.8 Å². The summed E-state index contributed by atoms with van der Waals surface area (Å²) in [6.45, 7) is 2.17. The van der Waals surface area contributed by atoms with Crippen LogP contribution in [0.4, 0.5) is 0 Å². The third-order valence-corrected chi connectivity index (χ3v) is 4.67. The average molecular weight is 415 g/mol. The van der Waals surface area contributed by atoms with Crippen LogP contribution in [0.3, 0.4) is 0 Å². The van der Waals surface area contributed by atoms with E-state index in [4.69, 9.17) is 9.47 Å². The van der Waals surface area contributed by atoms with Crippen LogP contribution in [0.5, 0.6) is 11.5 Å². The molecule has 24 heavy (non-hydrogen) atoms. The largest absolute Gasteiger partial charge is 0.493 e. The molecule has 128 valence electrons. The van der Waals surface area contributed by atoms with E-state index in [0.29, 0.717) is 22.6 Å². The number of nitrogens with one attached hydrogen (secondary N) is 1. The van der Waals surface area contributed by atoms with Crippen molar-refractivity contribution in [2.24, 2.45) is 0 Å². The molecule has 0 spiro atoms. The summed E-state index contributed by atoms with van der Waals surface area (Å²) in [5, 5.41) is 0. The Bertz CT molecular complexity index is 855. The molecule has 0 unspecified atom stereocenters. The maximum Gasteiger partial charge on any atom is 0.265 e. The van der Waals surface area contributed by atoms with Crippen LogP contribution in [0.25, 0.3) is 0 Å². The second-order valence-electron chi connectivity index (χ2n) is 4.57. The van der Waals surface area contributed by atoms with Crippen molar-refractivity contribution in [3.63, 3.8) is 0 Å². The minimum absolute atomic E-state index is 0.122. The van der Waals surface area contributed by atoms with Gasteiger partial charge in [0.2, 0.25) is 0 Å². The molecule has 0 radical (unpaired) electrons. The summed E-state index contributed by atoms with van der Waals surface area (Å²) < 4.78 is 37.5. The fourth-order valence-electron chi connectivity index (χ4n) is 1.87. The Morgan fingerprint density at radius 3 is 2.62 bits per heavy atom. The Hall–Kier alpha value is -2.13. The molecule has 0 bridgehead atoms. The van der Waals surface area contributed by atoms with E-state index >= 15 is 0 Å². The van der Waals surface area contributed by atoms with E-state index in [9.17, 15) is 13.2 Å². The molecular weight excluding hydrogens is 400 g/mol. The van der Waals surface area contributed by atoms with Crippen LogP contribution < -0.4 is 14.2 Å². The van der Waals surface area contributed by atoms with Gasteiger partial charge in [-0.15, -0.1) is 0 Å². The summed E-state index contributed by atoms with van der Waals surface area (Å²) >= 11 is 3.14. The number of ether oxygens (including phenoxy) is 2. The van der Waals surface area contributed by atoms with Gasteiger partial charge < -0.3 is 9.47 Å². The molecule has 0 atom stereocenters. The first-order chi connectivity index (χ1) is 11.4. The predicted molar refractivity (Wildman–Crippen MR) is 90.8 cm³/mol. The standard InChI is InChI=1S/C15H15BrN2O5S/c1-3-23-14-6-10(4-5-13(14)22-2)15(19)18-24(20,21)12-7-11(16)8-17-9-12/h4-9H,3H2,1-2H3,(H,18,19). The van der Waals surface area contributed by atoms with Crippen molar-refractivity contribution >= 4 is 31.9 Å². The van der Waals surface area contributed by atoms with Crippen molar-refractivity contribution in [1.82, 2.24) is 9.71 Å². The van der Waals surface area contributed by atoms with Crippen molar-refractivity contribution < 1.29 is 22.7 Å². The van der Waals surface area contributed by atoms with Crippen molar-refractivity contribution in [1.29, 1.82) is 0 Å². The lowest BCUT2D eigenvalue weighted by atomic mass is 10.2. The van der Waals surface area contributed by atoms with Gasteiger partial charge in [-0.05, 0) is 47.1 Å². The topological polar surface area (TPSA) is 94.6 Å². The smallest absolute Gasteiger partial charge is 0.265 e. The molecule has 2 aromatic rings. The maximum absolute atomic E-state index is 12.3. The highest BCUT2D eigenvalue weighted by Crippen LogP contribution is 2.28. The fraction of sp³-hybridized carbons (Fsp3) is 0.200. The Morgan fingerprint density at radius 2 is 2.00 bits per heavy atom. The molecule has 1 aromatic carbocycles. The summed E-state index contributed by atoms with van der Waals surface area (Å²) in [6, 6.07) is 5.76. The number of hydrogen-bond donors (Lipinski definition) is 1. The number of pyridine rings is 1. The molecule has 0 fully saturated rings. The van der Waals surface area contributed by atoms with E-state index in [1.807, 2.05) is 4.72 Å². The number of carbonyl (C=O) groups is 1. The van der Waals surface area contributed by atoms with Crippen LogP contribution in [0.1, 0.15) is 17.3 Å². The highest BCUT2D eigenvalue weighted by atomic mass is 79.9. The second-order valence-corrected chi connectivity index (χ2v) is 7.17. The zero-order valence-corrected chi connectivity index (χ0v) is 15.3. The Labute approximate surface area is 148 Å². The highest BCUT2D eigenvalue weighted by Gasteiger charge is 2.20. The van der Waals surface area contributed by atoms with Crippen LogP contribution in [-0.2, 0) is 10.0 Å². The van der Waals surface area contributed by atoms with Gasteiger partial charge in [0.1, 0.15) is 4.90 Å². The number of amides is 1. The van der Waals surface area contributed by atoms with Crippen LogP contribution in [0.2, 0.25) is 0 Å². The highest BCUT2D eigenvalue weighted by molar-refractivity contribution is 9.10. The van der Waals surface area contributed by atoms with E-state index in [2.05, 4.69) is 20.9 Å². The minimum atomic E-state index is -4.04. The molecule has 1 aromatic heterocycles. The zero-order valence-electron chi connectivity index (χ0n) is 12.9. The summed E-state index contributed by atoms with van der Waals surface area (Å²) in [5.41, 5.74) is 0.130. The molecule has 0 aliphatic carbocycles. The maximum atomic E-state index is 12.3. The SMILES string of the molecule is CCOc1cc(C(=O)NS(=O)(=O)c2cncc(Br)c2)ccc1OC. The summed E-state index contributed by atoms with van der Waals surface area (Å²) in [5.74, 6) is 0.0280. The molecule has 1 heterocycles. The first-order valence-corrected chi connectivity index (χ1v) is 9.13. The normalized spacial score (nSPS) is 11.0. The van der Waals surface area contributed by atoms with Crippen molar-refractivity contribution in [3.8, 4) is 11.5 Å². The molecule has 0 saturated heterocycles. The number of sulfonamides is 1. The molecule has 2 rings (SSSR count). The van der Waals surface area contributed by atoms with E-state index in [-0.39, 0.29) is 10.5 Å². The molecule has 1 N–H and O–H groups in total. The summed E-state index contributed by atoms with van der Waals surface area (Å²) in [7, 11) is -2.56. The second kappa shape index (κ2) is 7.63. The first-order valence-electron chi connectivity index (χ1n) is 6.86. The molecule has 0 aliphatic heterocycles. The van der Waals surface area contributed by atoms with Crippen LogP contribution in [-0.4, -0.2) is 33.0 Å². The predicted octanol–water partition coefficient (Wildman–Crippen LogP) is 2.37.